The van der Waals surface area contributed by atoms with Gasteiger partial charge in [-0.25, -0.2) is 9.78 Å². The number of imidazole rings is 1. The van der Waals surface area contributed by atoms with Crippen molar-refractivity contribution in [2.24, 2.45) is 5.92 Å². The van der Waals surface area contributed by atoms with Gasteiger partial charge in [0.05, 0.1) is 17.1 Å². The number of hydrogen-bond acceptors (Lipinski definition) is 3. The van der Waals surface area contributed by atoms with Crippen molar-refractivity contribution in [1.29, 1.82) is 0 Å². The summed E-state index contributed by atoms with van der Waals surface area (Å²) < 4.78 is 6.63. The standard InChI is InChI=1S/C18H24BrN3O2/c1-10-8-15(22(11(10)2)17(23)24-18(3,4)5)16-20-13-7-6-12(19)9-14(13)21-16/h6-7,9-11,15H,8H2,1-5H3,(H,20,21)/t10?,11-,15+/m1/s1. The van der Waals surface area contributed by atoms with Crippen LogP contribution in [0.25, 0.3) is 11.0 Å². The molecule has 1 amide bonds. The van der Waals surface area contributed by atoms with E-state index in [-0.39, 0.29) is 18.2 Å². The van der Waals surface area contributed by atoms with E-state index in [2.05, 4.69) is 34.8 Å². The number of rotatable bonds is 1. The molecule has 1 fully saturated rings. The van der Waals surface area contributed by atoms with Gasteiger partial charge in [0.25, 0.3) is 0 Å². The SMILES string of the molecule is CC1C[C@@H](c2nc3ccc(Br)cc3[nH]2)N(C(=O)OC(C)(C)C)[C@@H]1C. The molecule has 1 unspecified atom stereocenters. The van der Waals surface area contributed by atoms with Crippen molar-refractivity contribution in [1.82, 2.24) is 14.9 Å². The molecule has 3 rings (SSSR count). The fourth-order valence-corrected chi connectivity index (χ4v) is 3.59. The second-order valence-electron chi connectivity index (χ2n) is 7.64. The first-order chi connectivity index (χ1) is 11.2. The molecular weight excluding hydrogens is 370 g/mol. The van der Waals surface area contributed by atoms with Crippen LogP contribution in [0.4, 0.5) is 4.79 Å². The summed E-state index contributed by atoms with van der Waals surface area (Å²) in [4.78, 5) is 22.6. The van der Waals surface area contributed by atoms with E-state index in [9.17, 15) is 4.79 Å². The van der Waals surface area contributed by atoms with Gasteiger partial charge in [-0.15, -0.1) is 0 Å². The molecule has 0 saturated carbocycles. The number of carbonyl (C=O) groups excluding carboxylic acids is 1. The molecule has 1 aliphatic heterocycles. The number of amides is 1. The third-order valence-electron chi connectivity index (χ3n) is 4.58. The molecule has 1 N–H and O–H groups in total. The summed E-state index contributed by atoms with van der Waals surface area (Å²) >= 11 is 3.48. The Morgan fingerprint density at radius 1 is 1.38 bits per heavy atom. The zero-order valence-corrected chi connectivity index (χ0v) is 16.3. The lowest BCUT2D eigenvalue weighted by atomic mass is 10.0. The number of aromatic nitrogens is 2. The van der Waals surface area contributed by atoms with Gasteiger partial charge >= 0.3 is 6.09 Å². The molecule has 1 aromatic heterocycles. The molecule has 5 nitrogen and oxygen atoms in total. The largest absolute Gasteiger partial charge is 0.444 e. The third kappa shape index (κ3) is 3.29. The minimum absolute atomic E-state index is 0.0870. The van der Waals surface area contributed by atoms with E-state index in [0.29, 0.717) is 5.92 Å². The highest BCUT2D eigenvalue weighted by Gasteiger charge is 2.43. The molecule has 1 aromatic carbocycles. The van der Waals surface area contributed by atoms with E-state index in [4.69, 9.17) is 9.72 Å². The molecule has 3 atom stereocenters. The molecule has 2 aromatic rings. The molecule has 1 saturated heterocycles. The number of H-pyrrole nitrogens is 1. The summed E-state index contributed by atoms with van der Waals surface area (Å²) in [7, 11) is 0. The monoisotopic (exact) mass is 393 g/mol. The van der Waals surface area contributed by atoms with Crippen LogP contribution in [-0.4, -0.2) is 32.6 Å². The molecule has 0 bridgehead atoms. The van der Waals surface area contributed by atoms with Crippen molar-refractivity contribution in [2.45, 2.75) is 58.7 Å². The van der Waals surface area contributed by atoms with E-state index >= 15 is 0 Å². The van der Waals surface area contributed by atoms with Crippen LogP contribution in [0.2, 0.25) is 0 Å². The normalized spacial score (nSPS) is 24.6. The summed E-state index contributed by atoms with van der Waals surface area (Å²) in [5.41, 5.74) is 1.37. The van der Waals surface area contributed by atoms with Crippen molar-refractivity contribution in [2.75, 3.05) is 0 Å². The van der Waals surface area contributed by atoms with Crippen LogP contribution in [-0.2, 0) is 4.74 Å². The quantitative estimate of drug-likeness (QED) is 0.738. The number of halogens is 1. The van der Waals surface area contributed by atoms with Gasteiger partial charge in [0.15, 0.2) is 0 Å². The zero-order valence-electron chi connectivity index (χ0n) is 14.8. The third-order valence-corrected chi connectivity index (χ3v) is 5.07. The number of nitrogens with one attached hydrogen (secondary N) is 1. The lowest BCUT2D eigenvalue weighted by molar-refractivity contribution is 0.0140. The van der Waals surface area contributed by atoms with Crippen LogP contribution < -0.4 is 0 Å². The molecule has 1 aliphatic rings. The lowest BCUT2D eigenvalue weighted by Gasteiger charge is -2.31. The number of carbonyl (C=O) groups is 1. The molecule has 2 heterocycles. The molecule has 0 spiro atoms. The van der Waals surface area contributed by atoms with Crippen LogP contribution in [0.15, 0.2) is 22.7 Å². The van der Waals surface area contributed by atoms with E-state index in [0.717, 1.165) is 27.8 Å². The first-order valence-electron chi connectivity index (χ1n) is 8.32. The summed E-state index contributed by atoms with van der Waals surface area (Å²) in [6, 6.07) is 5.98. The summed E-state index contributed by atoms with van der Waals surface area (Å²) in [6.07, 6.45) is 0.604. The Labute approximate surface area is 150 Å². The number of aromatic amines is 1. The summed E-state index contributed by atoms with van der Waals surface area (Å²) in [6.45, 7) is 9.92. The first-order valence-corrected chi connectivity index (χ1v) is 9.11. The molecule has 24 heavy (non-hydrogen) atoms. The number of hydrogen-bond donors (Lipinski definition) is 1. The Kier molecular flexibility index (Phi) is 4.36. The second-order valence-corrected chi connectivity index (χ2v) is 8.56. The predicted molar refractivity (Wildman–Crippen MR) is 97.9 cm³/mol. The average molecular weight is 394 g/mol. The fourth-order valence-electron chi connectivity index (χ4n) is 3.23. The van der Waals surface area contributed by atoms with E-state index in [1.165, 1.54) is 0 Å². The molecule has 130 valence electrons. The van der Waals surface area contributed by atoms with Crippen LogP contribution in [0, 0.1) is 5.92 Å². The summed E-state index contributed by atoms with van der Waals surface area (Å²) in [5.74, 6) is 1.22. The smallest absolute Gasteiger partial charge is 0.411 e. The lowest BCUT2D eigenvalue weighted by Crippen LogP contribution is -2.41. The van der Waals surface area contributed by atoms with Crippen molar-refractivity contribution in [3.8, 4) is 0 Å². The first kappa shape index (κ1) is 17.3. The van der Waals surface area contributed by atoms with E-state index in [1.807, 2.05) is 43.9 Å². The Bertz CT molecular complexity index is 765. The number of likely N-dealkylation sites (tertiary alicyclic amines) is 1. The van der Waals surface area contributed by atoms with Crippen molar-refractivity contribution >= 4 is 33.1 Å². The van der Waals surface area contributed by atoms with Gasteiger partial charge in [0, 0.05) is 10.5 Å². The van der Waals surface area contributed by atoms with Gasteiger partial charge < -0.3 is 9.72 Å². The van der Waals surface area contributed by atoms with Crippen LogP contribution in [0.5, 0.6) is 0 Å². The van der Waals surface area contributed by atoms with Crippen LogP contribution in [0.1, 0.15) is 52.9 Å². The molecular formula is C18H24BrN3O2. The minimum Gasteiger partial charge on any atom is -0.444 e. The highest BCUT2D eigenvalue weighted by Crippen LogP contribution is 2.40. The van der Waals surface area contributed by atoms with Crippen LogP contribution >= 0.6 is 15.9 Å². The number of nitrogens with zero attached hydrogens (tertiary/aromatic N) is 2. The minimum atomic E-state index is -0.508. The van der Waals surface area contributed by atoms with Crippen molar-refractivity contribution in [3.63, 3.8) is 0 Å². The average Bonchev–Trinajstić information content (AvgIpc) is 2.98. The number of fused-ring (bicyclic) bond motifs is 1. The van der Waals surface area contributed by atoms with E-state index < -0.39 is 5.60 Å². The maximum absolute atomic E-state index is 12.7. The van der Waals surface area contributed by atoms with Crippen molar-refractivity contribution in [3.05, 3.63) is 28.5 Å². The fraction of sp³-hybridized carbons (Fsp3) is 0.556. The Hall–Kier alpha value is -1.56. The maximum atomic E-state index is 12.7. The second kappa shape index (κ2) is 6.06. The summed E-state index contributed by atoms with van der Waals surface area (Å²) in [5, 5.41) is 0. The molecule has 6 heteroatoms. The number of ether oxygens (including phenoxy) is 1. The zero-order chi connectivity index (χ0) is 17.6. The van der Waals surface area contributed by atoms with Gasteiger partial charge in [-0.2, -0.15) is 0 Å². The van der Waals surface area contributed by atoms with Gasteiger partial charge in [-0.1, -0.05) is 22.9 Å². The van der Waals surface area contributed by atoms with Crippen LogP contribution in [0.3, 0.4) is 0 Å². The Morgan fingerprint density at radius 2 is 2.08 bits per heavy atom. The Morgan fingerprint density at radius 3 is 2.75 bits per heavy atom. The van der Waals surface area contributed by atoms with Gasteiger partial charge in [-0.3, -0.25) is 4.90 Å². The maximum Gasteiger partial charge on any atom is 0.411 e. The van der Waals surface area contributed by atoms with Gasteiger partial charge in [0.2, 0.25) is 0 Å². The topological polar surface area (TPSA) is 58.2 Å². The highest BCUT2D eigenvalue weighted by molar-refractivity contribution is 9.10. The van der Waals surface area contributed by atoms with E-state index in [1.54, 1.807) is 0 Å². The molecule has 0 radical (unpaired) electrons. The van der Waals surface area contributed by atoms with Crippen molar-refractivity contribution < 1.29 is 9.53 Å². The predicted octanol–water partition coefficient (Wildman–Crippen LogP) is 5.03. The van der Waals surface area contributed by atoms with Gasteiger partial charge in [-0.05, 0) is 58.2 Å². The van der Waals surface area contributed by atoms with Gasteiger partial charge in [0.1, 0.15) is 11.4 Å². The highest BCUT2D eigenvalue weighted by atomic mass is 79.9. The number of benzene rings is 1. The molecule has 0 aliphatic carbocycles. The Balaban J connectivity index is 1.95.